The average Bonchev–Trinajstić information content (AvgIpc) is 2.80. The van der Waals surface area contributed by atoms with Gasteiger partial charge in [0.2, 0.25) is 0 Å². The maximum Gasteiger partial charge on any atom is 0.142 e. The average molecular weight is 270 g/mol. The maximum atomic E-state index is 13.4. The van der Waals surface area contributed by atoms with Crippen LogP contribution < -0.4 is 5.32 Å². The van der Waals surface area contributed by atoms with Gasteiger partial charge in [0.25, 0.3) is 0 Å². The standard InChI is InChI=1S/C15H21ClFN/c1-2-8-18-13-7-6-11(10-13)9-12-4-3-5-14(17)15(12)16/h3-5,11,13,18H,2,6-10H2,1H3. The summed E-state index contributed by atoms with van der Waals surface area (Å²) in [5.41, 5.74) is 0.956. The highest BCUT2D eigenvalue weighted by Crippen LogP contribution is 2.31. The number of rotatable bonds is 5. The molecule has 0 spiro atoms. The zero-order valence-electron chi connectivity index (χ0n) is 10.9. The molecule has 1 aromatic rings. The molecule has 1 N–H and O–H groups in total. The molecule has 2 unspecified atom stereocenters. The van der Waals surface area contributed by atoms with E-state index in [2.05, 4.69) is 12.2 Å². The molecule has 0 radical (unpaired) electrons. The van der Waals surface area contributed by atoms with Crippen LogP contribution >= 0.6 is 11.6 Å². The van der Waals surface area contributed by atoms with Crippen LogP contribution in [-0.4, -0.2) is 12.6 Å². The van der Waals surface area contributed by atoms with Crippen LogP contribution in [0.3, 0.4) is 0 Å². The van der Waals surface area contributed by atoms with Gasteiger partial charge in [-0.05, 0) is 56.2 Å². The maximum absolute atomic E-state index is 13.4. The molecule has 2 atom stereocenters. The molecule has 2 rings (SSSR count). The van der Waals surface area contributed by atoms with E-state index in [9.17, 15) is 4.39 Å². The summed E-state index contributed by atoms with van der Waals surface area (Å²) in [7, 11) is 0. The first-order chi connectivity index (χ1) is 8.70. The Hall–Kier alpha value is -0.600. The third-order valence-corrected chi connectivity index (χ3v) is 4.19. The predicted octanol–water partition coefficient (Wildman–Crippen LogP) is 4.19. The van der Waals surface area contributed by atoms with Crippen LogP contribution in [-0.2, 0) is 6.42 Å². The molecule has 0 heterocycles. The molecule has 0 aliphatic heterocycles. The number of halogens is 2. The Balaban J connectivity index is 1.89. The molecule has 1 aromatic carbocycles. The van der Waals surface area contributed by atoms with Crippen molar-refractivity contribution < 1.29 is 4.39 Å². The van der Waals surface area contributed by atoms with Crippen molar-refractivity contribution in [1.82, 2.24) is 5.32 Å². The molecule has 18 heavy (non-hydrogen) atoms. The second-order valence-electron chi connectivity index (χ2n) is 5.25. The molecular formula is C15H21ClFN. The van der Waals surface area contributed by atoms with Crippen molar-refractivity contribution in [3.63, 3.8) is 0 Å². The first-order valence-corrected chi connectivity index (χ1v) is 7.24. The van der Waals surface area contributed by atoms with Gasteiger partial charge in [-0.2, -0.15) is 0 Å². The second kappa shape index (κ2) is 6.53. The van der Waals surface area contributed by atoms with Crippen molar-refractivity contribution in [3.05, 3.63) is 34.6 Å². The number of hydrogen-bond donors (Lipinski definition) is 1. The summed E-state index contributed by atoms with van der Waals surface area (Å²) in [5, 5.41) is 3.87. The Bertz CT molecular complexity index is 394. The summed E-state index contributed by atoms with van der Waals surface area (Å²) in [4.78, 5) is 0. The first-order valence-electron chi connectivity index (χ1n) is 6.87. The van der Waals surface area contributed by atoms with Gasteiger partial charge in [0.05, 0.1) is 5.02 Å². The van der Waals surface area contributed by atoms with Crippen LogP contribution in [0.2, 0.25) is 5.02 Å². The quantitative estimate of drug-likeness (QED) is 0.845. The first kappa shape index (κ1) is 13.8. The normalized spacial score (nSPS) is 23.5. The third-order valence-electron chi connectivity index (χ3n) is 3.76. The molecular weight excluding hydrogens is 249 g/mol. The fraction of sp³-hybridized carbons (Fsp3) is 0.600. The van der Waals surface area contributed by atoms with Gasteiger partial charge in [0.1, 0.15) is 5.82 Å². The number of benzene rings is 1. The van der Waals surface area contributed by atoms with Crippen LogP contribution in [0.15, 0.2) is 18.2 Å². The van der Waals surface area contributed by atoms with Crippen LogP contribution in [0, 0.1) is 11.7 Å². The van der Waals surface area contributed by atoms with E-state index in [1.54, 1.807) is 6.07 Å². The van der Waals surface area contributed by atoms with Crippen molar-refractivity contribution in [2.75, 3.05) is 6.54 Å². The molecule has 0 aromatic heterocycles. The lowest BCUT2D eigenvalue weighted by molar-refractivity contribution is 0.483. The zero-order valence-corrected chi connectivity index (χ0v) is 11.6. The summed E-state index contributed by atoms with van der Waals surface area (Å²) in [6.45, 7) is 3.28. The second-order valence-corrected chi connectivity index (χ2v) is 5.63. The predicted molar refractivity (Wildman–Crippen MR) is 74.5 cm³/mol. The van der Waals surface area contributed by atoms with Crippen molar-refractivity contribution in [2.24, 2.45) is 5.92 Å². The van der Waals surface area contributed by atoms with Gasteiger partial charge in [-0.25, -0.2) is 4.39 Å². The van der Waals surface area contributed by atoms with Crippen molar-refractivity contribution in [1.29, 1.82) is 0 Å². The molecule has 1 aliphatic rings. The van der Waals surface area contributed by atoms with Crippen LogP contribution in [0.25, 0.3) is 0 Å². The summed E-state index contributed by atoms with van der Waals surface area (Å²) < 4.78 is 13.4. The smallest absolute Gasteiger partial charge is 0.142 e. The Labute approximate surface area is 114 Å². The van der Waals surface area contributed by atoms with Crippen LogP contribution in [0.1, 0.15) is 38.2 Å². The number of hydrogen-bond acceptors (Lipinski definition) is 1. The summed E-state index contributed by atoms with van der Waals surface area (Å²) in [5.74, 6) is 0.339. The summed E-state index contributed by atoms with van der Waals surface area (Å²) in [6.07, 6.45) is 5.72. The minimum Gasteiger partial charge on any atom is -0.314 e. The Morgan fingerprint density at radius 3 is 3.00 bits per heavy atom. The highest BCUT2D eigenvalue weighted by atomic mass is 35.5. The van der Waals surface area contributed by atoms with Crippen molar-refractivity contribution in [3.8, 4) is 0 Å². The fourth-order valence-corrected chi connectivity index (χ4v) is 3.01. The van der Waals surface area contributed by atoms with Gasteiger partial charge >= 0.3 is 0 Å². The van der Waals surface area contributed by atoms with E-state index in [0.29, 0.717) is 17.0 Å². The molecule has 0 amide bonds. The van der Waals surface area contributed by atoms with Gasteiger partial charge < -0.3 is 5.32 Å². The van der Waals surface area contributed by atoms with Crippen LogP contribution in [0.4, 0.5) is 4.39 Å². The number of nitrogens with one attached hydrogen (secondary N) is 1. The third kappa shape index (κ3) is 3.46. The van der Waals surface area contributed by atoms with E-state index in [1.165, 1.54) is 31.7 Å². The van der Waals surface area contributed by atoms with E-state index in [4.69, 9.17) is 11.6 Å². The topological polar surface area (TPSA) is 12.0 Å². The summed E-state index contributed by atoms with van der Waals surface area (Å²) >= 11 is 6.00. The van der Waals surface area contributed by atoms with E-state index in [0.717, 1.165) is 18.5 Å². The zero-order chi connectivity index (χ0) is 13.0. The minimum atomic E-state index is -0.298. The highest BCUT2D eigenvalue weighted by Gasteiger charge is 2.24. The Morgan fingerprint density at radius 1 is 1.39 bits per heavy atom. The van der Waals surface area contributed by atoms with Crippen LogP contribution in [0.5, 0.6) is 0 Å². The molecule has 1 aliphatic carbocycles. The molecule has 3 heteroatoms. The molecule has 100 valence electrons. The van der Waals surface area contributed by atoms with Crippen molar-refractivity contribution in [2.45, 2.75) is 45.1 Å². The molecule has 0 bridgehead atoms. The monoisotopic (exact) mass is 269 g/mol. The van der Waals surface area contributed by atoms with Gasteiger partial charge in [0, 0.05) is 6.04 Å². The molecule has 1 saturated carbocycles. The minimum absolute atomic E-state index is 0.298. The lowest BCUT2D eigenvalue weighted by Gasteiger charge is -2.13. The van der Waals surface area contributed by atoms with E-state index in [-0.39, 0.29) is 5.82 Å². The SMILES string of the molecule is CCCNC1CCC(Cc2cccc(F)c2Cl)C1. The van der Waals surface area contributed by atoms with E-state index >= 15 is 0 Å². The van der Waals surface area contributed by atoms with Gasteiger partial charge in [0.15, 0.2) is 0 Å². The van der Waals surface area contributed by atoms with Gasteiger partial charge in [-0.3, -0.25) is 0 Å². The van der Waals surface area contributed by atoms with Gasteiger partial charge in [-0.1, -0.05) is 30.7 Å². The van der Waals surface area contributed by atoms with E-state index in [1.807, 2.05) is 6.07 Å². The Kier molecular flexibility index (Phi) is 5.02. The van der Waals surface area contributed by atoms with Gasteiger partial charge in [-0.15, -0.1) is 0 Å². The molecule has 0 saturated heterocycles. The van der Waals surface area contributed by atoms with E-state index < -0.39 is 0 Å². The Morgan fingerprint density at radius 2 is 2.22 bits per heavy atom. The summed E-state index contributed by atoms with van der Waals surface area (Å²) in [6, 6.07) is 5.75. The lowest BCUT2D eigenvalue weighted by atomic mass is 9.97. The largest absolute Gasteiger partial charge is 0.314 e. The molecule has 1 fully saturated rings. The fourth-order valence-electron chi connectivity index (χ4n) is 2.81. The van der Waals surface area contributed by atoms with Crippen molar-refractivity contribution >= 4 is 11.6 Å². The lowest BCUT2D eigenvalue weighted by Crippen LogP contribution is -2.27. The highest BCUT2D eigenvalue weighted by molar-refractivity contribution is 6.31. The molecule has 1 nitrogen and oxygen atoms in total.